The van der Waals surface area contributed by atoms with Crippen molar-refractivity contribution in [2.75, 3.05) is 14.2 Å². The molecule has 23 heavy (non-hydrogen) atoms. The van der Waals surface area contributed by atoms with Crippen LogP contribution in [0.15, 0.2) is 57.7 Å². The predicted molar refractivity (Wildman–Crippen MR) is 91.0 cm³/mol. The van der Waals surface area contributed by atoms with Crippen LogP contribution in [0.5, 0.6) is 11.5 Å². The summed E-state index contributed by atoms with van der Waals surface area (Å²) >= 11 is 0. The molecule has 116 valence electrons. The Hall–Kier alpha value is -3.01. The third-order valence-electron chi connectivity index (χ3n) is 3.52. The highest BCUT2D eigenvalue weighted by molar-refractivity contribution is 5.78. The van der Waals surface area contributed by atoms with Crippen LogP contribution >= 0.6 is 0 Å². The highest BCUT2D eigenvalue weighted by Gasteiger charge is 2.04. The Bertz CT molecular complexity index is 922. The van der Waals surface area contributed by atoms with Crippen molar-refractivity contribution in [2.24, 2.45) is 0 Å². The largest absolute Gasteiger partial charge is 0.497 e. The summed E-state index contributed by atoms with van der Waals surface area (Å²) in [5.41, 5.74) is 1.34. The monoisotopic (exact) mass is 308 g/mol. The van der Waals surface area contributed by atoms with Crippen molar-refractivity contribution >= 4 is 23.1 Å². The number of hydrogen-bond acceptors (Lipinski definition) is 4. The number of hydrogen-bond donors (Lipinski definition) is 0. The Morgan fingerprint density at radius 3 is 2.57 bits per heavy atom. The Kier molecular flexibility index (Phi) is 4.15. The van der Waals surface area contributed by atoms with Crippen LogP contribution in [0.4, 0.5) is 0 Å². The molecular formula is C19H16O4. The van der Waals surface area contributed by atoms with E-state index in [1.165, 1.54) is 6.07 Å². The molecule has 0 amide bonds. The van der Waals surface area contributed by atoms with Crippen molar-refractivity contribution in [1.82, 2.24) is 0 Å². The highest BCUT2D eigenvalue weighted by atomic mass is 16.5. The van der Waals surface area contributed by atoms with Crippen LogP contribution in [0, 0.1) is 0 Å². The summed E-state index contributed by atoms with van der Waals surface area (Å²) in [5, 5.41) is 0.573. The van der Waals surface area contributed by atoms with Crippen LogP contribution in [-0.2, 0) is 0 Å². The zero-order valence-electron chi connectivity index (χ0n) is 12.9. The van der Waals surface area contributed by atoms with Crippen molar-refractivity contribution in [3.8, 4) is 11.5 Å². The summed E-state index contributed by atoms with van der Waals surface area (Å²) in [6.45, 7) is 0. The highest BCUT2D eigenvalue weighted by Crippen LogP contribution is 2.26. The lowest BCUT2D eigenvalue weighted by molar-refractivity contribution is 0.402. The Morgan fingerprint density at radius 1 is 0.957 bits per heavy atom. The van der Waals surface area contributed by atoms with Crippen molar-refractivity contribution in [3.63, 3.8) is 0 Å². The number of methoxy groups -OCH3 is 2. The number of benzene rings is 2. The van der Waals surface area contributed by atoms with E-state index in [2.05, 4.69) is 0 Å². The van der Waals surface area contributed by atoms with Gasteiger partial charge in [0.15, 0.2) is 5.43 Å². The molecule has 0 atom stereocenters. The zero-order chi connectivity index (χ0) is 16.2. The maximum Gasteiger partial charge on any atom is 0.193 e. The van der Waals surface area contributed by atoms with E-state index in [0.717, 1.165) is 11.3 Å². The topological polar surface area (TPSA) is 48.7 Å². The van der Waals surface area contributed by atoms with Crippen LogP contribution in [0.2, 0.25) is 0 Å². The first-order chi connectivity index (χ1) is 11.2. The predicted octanol–water partition coefficient (Wildman–Crippen LogP) is 3.98. The van der Waals surface area contributed by atoms with Crippen molar-refractivity contribution < 1.29 is 13.9 Å². The van der Waals surface area contributed by atoms with Crippen LogP contribution in [0.1, 0.15) is 11.3 Å². The van der Waals surface area contributed by atoms with Crippen LogP contribution in [-0.4, -0.2) is 14.2 Å². The lowest BCUT2D eigenvalue weighted by Gasteiger charge is -2.07. The van der Waals surface area contributed by atoms with E-state index in [1.54, 1.807) is 32.4 Å². The molecule has 1 heterocycles. The average molecular weight is 308 g/mol. The van der Waals surface area contributed by atoms with E-state index < -0.39 is 0 Å². The molecule has 0 bridgehead atoms. The molecule has 0 saturated carbocycles. The first kappa shape index (κ1) is 14.9. The molecule has 0 unspecified atom stereocenters. The average Bonchev–Trinajstić information content (AvgIpc) is 2.59. The minimum atomic E-state index is -0.0656. The molecule has 0 fully saturated rings. The maximum absolute atomic E-state index is 12.1. The molecule has 0 aliphatic rings. The van der Waals surface area contributed by atoms with Gasteiger partial charge in [-0.05, 0) is 42.5 Å². The molecule has 4 nitrogen and oxygen atoms in total. The van der Waals surface area contributed by atoms with Gasteiger partial charge in [-0.2, -0.15) is 0 Å². The fourth-order valence-electron chi connectivity index (χ4n) is 2.35. The third-order valence-corrected chi connectivity index (χ3v) is 3.52. The maximum atomic E-state index is 12.1. The second-order valence-corrected chi connectivity index (χ2v) is 4.95. The normalized spacial score (nSPS) is 11.0. The summed E-state index contributed by atoms with van der Waals surface area (Å²) in [5.74, 6) is 1.93. The molecule has 4 heteroatoms. The summed E-state index contributed by atoms with van der Waals surface area (Å²) in [6.07, 6.45) is 3.57. The molecule has 1 aromatic heterocycles. The minimum Gasteiger partial charge on any atom is -0.497 e. The lowest BCUT2D eigenvalue weighted by atomic mass is 10.1. The first-order valence-electron chi connectivity index (χ1n) is 7.14. The molecule has 0 radical (unpaired) electrons. The van der Waals surface area contributed by atoms with Crippen molar-refractivity contribution in [1.29, 1.82) is 0 Å². The first-order valence-corrected chi connectivity index (χ1v) is 7.14. The van der Waals surface area contributed by atoms with Gasteiger partial charge in [0.1, 0.15) is 22.8 Å². The lowest BCUT2D eigenvalue weighted by Crippen LogP contribution is -1.99. The Labute approximate surface area is 133 Å². The van der Waals surface area contributed by atoms with E-state index in [4.69, 9.17) is 13.9 Å². The van der Waals surface area contributed by atoms with Crippen LogP contribution in [0.25, 0.3) is 23.1 Å². The molecule has 0 aliphatic carbocycles. The van der Waals surface area contributed by atoms with E-state index in [0.29, 0.717) is 22.5 Å². The zero-order valence-corrected chi connectivity index (χ0v) is 12.9. The Morgan fingerprint density at radius 2 is 1.78 bits per heavy atom. The molecular weight excluding hydrogens is 292 g/mol. The summed E-state index contributed by atoms with van der Waals surface area (Å²) in [7, 11) is 3.22. The van der Waals surface area contributed by atoms with Gasteiger partial charge in [0, 0.05) is 11.6 Å². The number of fused-ring (bicyclic) bond motifs is 1. The molecule has 3 rings (SSSR count). The summed E-state index contributed by atoms with van der Waals surface area (Å²) in [4.78, 5) is 12.1. The number of ether oxygens (including phenoxy) is 2. The summed E-state index contributed by atoms with van der Waals surface area (Å²) in [6, 6.07) is 14.2. The Balaban J connectivity index is 2.01. The minimum absolute atomic E-state index is 0.0656. The van der Waals surface area contributed by atoms with Crippen molar-refractivity contribution in [2.45, 2.75) is 0 Å². The van der Waals surface area contributed by atoms with Gasteiger partial charge in [-0.25, -0.2) is 0 Å². The molecule has 2 aromatic carbocycles. The van der Waals surface area contributed by atoms with Gasteiger partial charge >= 0.3 is 0 Å². The van der Waals surface area contributed by atoms with E-state index in [1.807, 2.05) is 36.4 Å². The number of rotatable bonds is 4. The molecule has 0 spiro atoms. The van der Waals surface area contributed by atoms with Gasteiger partial charge in [-0.15, -0.1) is 0 Å². The third kappa shape index (κ3) is 3.11. The smallest absolute Gasteiger partial charge is 0.193 e. The van der Waals surface area contributed by atoms with Crippen LogP contribution in [0.3, 0.4) is 0 Å². The van der Waals surface area contributed by atoms with Gasteiger partial charge < -0.3 is 13.9 Å². The second-order valence-electron chi connectivity index (χ2n) is 4.95. The van der Waals surface area contributed by atoms with Gasteiger partial charge in [-0.3, -0.25) is 4.79 Å². The fourth-order valence-corrected chi connectivity index (χ4v) is 2.35. The SMILES string of the molecule is COc1ccc(OC)c(C=Cc2cc(=O)c3ccccc3o2)c1. The second kappa shape index (κ2) is 6.40. The summed E-state index contributed by atoms with van der Waals surface area (Å²) < 4.78 is 16.3. The molecule has 0 saturated heterocycles. The van der Waals surface area contributed by atoms with Gasteiger partial charge in [-0.1, -0.05) is 12.1 Å². The van der Waals surface area contributed by atoms with Gasteiger partial charge in [0.2, 0.25) is 0 Å². The van der Waals surface area contributed by atoms with E-state index in [9.17, 15) is 4.79 Å². The van der Waals surface area contributed by atoms with Gasteiger partial charge in [0.25, 0.3) is 0 Å². The number of para-hydroxylation sites is 1. The fraction of sp³-hybridized carbons (Fsp3) is 0.105. The molecule has 3 aromatic rings. The molecule has 0 aliphatic heterocycles. The van der Waals surface area contributed by atoms with Crippen LogP contribution < -0.4 is 14.9 Å². The quantitative estimate of drug-likeness (QED) is 0.731. The molecule has 0 N–H and O–H groups in total. The van der Waals surface area contributed by atoms with E-state index >= 15 is 0 Å². The van der Waals surface area contributed by atoms with Crippen molar-refractivity contribution in [3.05, 3.63) is 70.1 Å². The van der Waals surface area contributed by atoms with E-state index in [-0.39, 0.29) is 5.43 Å². The standard InChI is InChI=1S/C19H16O4/c1-21-14-9-10-18(22-2)13(11-14)7-8-15-12-17(20)16-5-3-4-6-19(16)23-15/h3-12H,1-2H3. The van der Waals surface area contributed by atoms with Gasteiger partial charge in [0.05, 0.1) is 19.6 Å².